The van der Waals surface area contributed by atoms with Crippen LogP contribution in [0.1, 0.15) is 60.8 Å². The van der Waals surface area contributed by atoms with E-state index >= 15 is 0 Å². The minimum absolute atomic E-state index is 0.0451. The Balaban J connectivity index is 2.16. The molecule has 0 aliphatic carbocycles. The van der Waals surface area contributed by atoms with Gasteiger partial charge >= 0.3 is 5.97 Å². The van der Waals surface area contributed by atoms with Gasteiger partial charge in [0.25, 0.3) is 0 Å². The predicted molar refractivity (Wildman–Crippen MR) is 128 cm³/mol. The quantitative estimate of drug-likeness (QED) is 0.362. The summed E-state index contributed by atoms with van der Waals surface area (Å²) in [4.78, 5) is 44.7. The summed E-state index contributed by atoms with van der Waals surface area (Å²) in [6, 6.07) is -1.48. The number of hydrogen-bond acceptors (Lipinski definition) is 6. The average molecular weight is 479 g/mol. The number of carbonyl (C=O) groups excluding carboxylic acids is 3. The molecular formula is C26H42N2O6. The van der Waals surface area contributed by atoms with E-state index < -0.39 is 41.1 Å². The molecule has 2 bridgehead atoms. The van der Waals surface area contributed by atoms with Crippen molar-refractivity contribution in [2.75, 3.05) is 26.3 Å². The van der Waals surface area contributed by atoms with Gasteiger partial charge in [0.15, 0.2) is 0 Å². The Labute approximate surface area is 203 Å². The predicted octanol–water partition coefficient (Wildman–Crippen LogP) is 2.39. The Kier molecular flexibility index (Phi) is 7.82. The lowest BCUT2D eigenvalue weighted by atomic mass is 9.62. The second-order valence-corrected chi connectivity index (χ2v) is 10.6. The highest BCUT2D eigenvalue weighted by atomic mass is 16.6. The van der Waals surface area contributed by atoms with Gasteiger partial charge in [0, 0.05) is 13.1 Å². The summed E-state index contributed by atoms with van der Waals surface area (Å²) in [5.74, 6) is -2.70. The highest BCUT2D eigenvalue weighted by molar-refractivity contribution is 5.98. The smallest absolute Gasteiger partial charge is 0.312 e. The van der Waals surface area contributed by atoms with Gasteiger partial charge in [-0.1, -0.05) is 40.2 Å². The van der Waals surface area contributed by atoms with Crippen molar-refractivity contribution >= 4 is 17.8 Å². The molecule has 3 aliphatic rings. The third kappa shape index (κ3) is 3.87. The van der Waals surface area contributed by atoms with Crippen molar-refractivity contribution in [3.8, 4) is 0 Å². The van der Waals surface area contributed by atoms with Crippen LogP contribution in [0.3, 0.4) is 0 Å². The largest absolute Gasteiger partial charge is 0.466 e. The summed E-state index contributed by atoms with van der Waals surface area (Å²) in [6.45, 7) is 16.2. The van der Waals surface area contributed by atoms with E-state index in [9.17, 15) is 19.5 Å². The third-order valence-corrected chi connectivity index (χ3v) is 8.28. The molecule has 0 radical (unpaired) electrons. The molecule has 3 fully saturated rings. The Bertz CT molecular complexity index is 815. The summed E-state index contributed by atoms with van der Waals surface area (Å²) in [5.41, 5.74) is -2.02. The molecule has 0 aromatic rings. The molecule has 8 nitrogen and oxygen atoms in total. The first-order chi connectivity index (χ1) is 16.0. The van der Waals surface area contributed by atoms with E-state index in [1.54, 1.807) is 22.8 Å². The molecule has 0 aromatic carbocycles. The highest BCUT2D eigenvalue weighted by Crippen LogP contribution is 2.65. The highest BCUT2D eigenvalue weighted by Gasteiger charge is 2.80. The number of carbonyl (C=O) groups is 3. The van der Waals surface area contributed by atoms with Crippen LogP contribution in [0.4, 0.5) is 0 Å². The number of unbranched alkanes of at least 4 members (excludes halogenated alkanes) is 1. The van der Waals surface area contributed by atoms with Crippen molar-refractivity contribution in [2.45, 2.75) is 84.1 Å². The maximum absolute atomic E-state index is 14.2. The fourth-order valence-corrected chi connectivity index (χ4v) is 6.49. The van der Waals surface area contributed by atoms with E-state index in [0.29, 0.717) is 19.5 Å². The summed E-state index contributed by atoms with van der Waals surface area (Å²) < 4.78 is 12.1. The topological polar surface area (TPSA) is 96.4 Å². The van der Waals surface area contributed by atoms with Crippen LogP contribution in [0.15, 0.2) is 12.7 Å². The van der Waals surface area contributed by atoms with Gasteiger partial charge in [-0.05, 0) is 38.5 Å². The van der Waals surface area contributed by atoms with E-state index in [-0.39, 0.29) is 36.9 Å². The molecule has 0 saturated carbocycles. The van der Waals surface area contributed by atoms with Crippen molar-refractivity contribution in [1.82, 2.24) is 9.80 Å². The first-order valence-corrected chi connectivity index (χ1v) is 12.7. The van der Waals surface area contributed by atoms with Gasteiger partial charge in [-0.15, -0.1) is 6.58 Å². The van der Waals surface area contributed by atoms with Gasteiger partial charge in [-0.2, -0.15) is 0 Å². The molecule has 3 saturated heterocycles. The van der Waals surface area contributed by atoms with Crippen LogP contribution in [0.25, 0.3) is 0 Å². The van der Waals surface area contributed by atoms with Gasteiger partial charge in [0.1, 0.15) is 17.6 Å². The maximum Gasteiger partial charge on any atom is 0.312 e. The molecule has 7 atom stereocenters. The zero-order valence-electron chi connectivity index (χ0n) is 21.6. The summed E-state index contributed by atoms with van der Waals surface area (Å²) >= 11 is 0. The van der Waals surface area contributed by atoms with Gasteiger partial charge < -0.3 is 24.4 Å². The molecule has 3 unspecified atom stereocenters. The van der Waals surface area contributed by atoms with Crippen LogP contribution in [0, 0.1) is 23.7 Å². The van der Waals surface area contributed by atoms with E-state index in [2.05, 4.69) is 13.5 Å². The number of rotatable bonds is 11. The van der Waals surface area contributed by atoms with Crippen LogP contribution in [0.2, 0.25) is 0 Å². The zero-order valence-corrected chi connectivity index (χ0v) is 21.6. The first kappa shape index (κ1) is 26.7. The molecule has 3 rings (SSSR count). The van der Waals surface area contributed by atoms with Gasteiger partial charge in [-0.25, -0.2) is 0 Å². The van der Waals surface area contributed by atoms with Crippen LogP contribution in [0.5, 0.6) is 0 Å². The Hall–Kier alpha value is -1.93. The summed E-state index contributed by atoms with van der Waals surface area (Å²) in [7, 11) is 0. The van der Waals surface area contributed by atoms with E-state index in [1.807, 2.05) is 27.7 Å². The van der Waals surface area contributed by atoms with E-state index in [1.165, 1.54) is 0 Å². The standard InChI is InChI=1S/C26H42N2O6/c1-8-11-13-27(12-9-2)23(31)21-26-14-17(6)25(7,34-26)20(24(32)33-10-3)19(26)22(30)28(21)18(15-29)16(4)5/h9,16-21,29H,2,8,10-15H2,1,3-7H3/t17?,18-,19-,20-,21?,25+,26?/m0/s1. The van der Waals surface area contributed by atoms with Crippen molar-refractivity contribution in [3.63, 3.8) is 0 Å². The van der Waals surface area contributed by atoms with Crippen molar-refractivity contribution in [1.29, 1.82) is 0 Å². The fourth-order valence-electron chi connectivity index (χ4n) is 6.49. The summed E-state index contributed by atoms with van der Waals surface area (Å²) in [5, 5.41) is 10.3. The zero-order chi connectivity index (χ0) is 25.4. The minimum atomic E-state index is -1.13. The van der Waals surface area contributed by atoms with Crippen molar-refractivity contribution < 1.29 is 29.0 Å². The maximum atomic E-state index is 14.2. The van der Waals surface area contributed by atoms with Crippen LogP contribution in [-0.4, -0.2) is 82.3 Å². The number of nitrogens with zero attached hydrogens (tertiary/aromatic N) is 2. The van der Waals surface area contributed by atoms with E-state index in [4.69, 9.17) is 9.47 Å². The van der Waals surface area contributed by atoms with Crippen molar-refractivity contribution in [3.05, 3.63) is 12.7 Å². The number of ether oxygens (including phenoxy) is 2. The Morgan fingerprint density at radius 1 is 1.38 bits per heavy atom. The molecule has 34 heavy (non-hydrogen) atoms. The number of hydrogen-bond donors (Lipinski definition) is 1. The minimum Gasteiger partial charge on any atom is -0.466 e. The molecule has 1 spiro atoms. The van der Waals surface area contributed by atoms with Crippen LogP contribution in [-0.2, 0) is 23.9 Å². The monoisotopic (exact) mass is 478 g/mol. The lowest BCUT2D eigenvalue weighted by Crippen LogP contribution is -2.59. The molecule has 3 heterocycles. The fraction of sp³-hybridized carbons (Fsp3) is 0.808. The van der Waals surface area contributed by atoms with Crippen LogP contribution >= 0.6 is 0 Å². The van der Waals surface area contributed by atoms with E-state index in [0.717, 1.165) is 12.8 Å². The molecular weight excluding hydrogens is 436 g/mol. The molecule has 1 N–H and O–H groups in total. The Morgan fingerprint density at radius 3 is 2.59 bits per heavy atom. The first-order valence-electron chi connectivity index (χ1n) is 12.7. The number of esters is 1. The molecule has 3 aliphatic heterocycles. The SMILES string of the molecule is C=CCN(CCCC)C(=O)C1N([C@@H](CO)C(C)C)C(=O)[C@@H]2[C@@H](C(=O)OCC)[C@]3(C)OC12CC3C. The number of aliphatic hydroxyl groups is 1. The van der Waals surface area contributed by atoms with Gasteiger partial charge in [0.05, 0.1) is 30.8 Å². The molecule has 192 valence electrons. The normalized spacial score (nSPS) is 34.9. The molecule has 2 amide bonds. The molecule has 0 aromatic heterocycles. The number of aliphatic hydroxyl groups excluding tert-OH is 1. The second kappa shape index (κ2) is 9.97. The second-order valence-electron chi connectivity index (χ2n) is 10.6. The summed E-state index contributed by atoms with van der Waals surface area (Å²) in [6.07, 6.45) is 3.93. The number of likely N-dealkylation sites (tertiary alicyclic amines) is 1. The van der Waals surface area contributed by atoms with Crippen LogP contribution < -0.4 is 0 Å². The average Bonchev–Trinajstić information content (AvgIpc) is 3.28. The van der Waals surface area contributed by atoms with Crippen molar-refractivity contribution in [2.24, 2.45) is 23.7 Å². The molecule has 8 heteroatoms. The third-order valence-electron chi connectivity index (χ3n) is 8.28. The lowest BCUT2D eigenvalue weighted by molar-refractivity contribution is -0.164. The Morgan fingerprint density at radius 2 is 2.06 bits per heavy atom. The lowest BCUT2D eigenvalue weighted by Gasteiger charge is -2.40. The van der Waals surface area contributed by atoms with Gasteiger partial charge in [-0.3, -0.25) is 14.4 Å². The number of fused-ring (bicyclic) bond motifs is 1. The van der Waals surface area contributed by atoms with Gasteiger partial charge in [0.2, 0.25) is 11.8 Å². The number of amides is 2.